The number of fused-ring (bicyclic) bond motifs is 1. The van der Waals surface area contributed by atoms with E-state index in [9.17, 15) is 0 Å². The first-order chi connectivity index (χ1) is 4.86. The van der Waals surface area contributed by atoms with Crippen molar-refractivity contribution in [1.82, 2.24) is 0 Å². The number of nitrogens with two attached hydrogens (primary N) is 1. The van der Waals surface area contributed by atoms with Gasteiger partial charge in [0, 0.05) is 12.5 Å². The van der Waals surface area contributed by atoms with Crippen molar-refractivity contribution in [3.63, 3.8) is 0 Å². The minimum absolute atomic E-state index is 0.123. The fourth-order valence-electron chi connectivity index (χ4n) is 1.33. The van der Waals surface area contributed by atoms with Crippen LogP contribution in [0.4, 0.5) is 0 Å². The Hall–Kier alpha value is -0.820. The molecule has 0 amide bonds. The Morgan fingerprint density at radius 1 is 1.40 bits per heavy atom. The van der Waals surface area contributed by atoms with Crippen LogP contribution in [0.5, 0.6) is 0 Å². The summed E-state index contributed by atoms with van der Waals surface area (Å²) >= 11 is 0. The molecule has 0 saturated heterocycles. The third-order valence-electron chi connectivity index (χ3n) is 1.80. The summed E-state index contributed by atoms with van der Waals surface area (Å²) in [5.41, 5.74) is 8.19. The standard InChI is InChI=1S/C9H9N/c10-9-5-7-3-1-2-4-8(7)6-9/h1-4,9H,5,10H2. The molecule has 0 fully saturated rings. The summed E-state index contributed by atoms with van der Waals surface area (Å²) < 4.78 is 0. The number of hydrogen-bond donors (Lipinski definition) is 1. The van der Waals surface area contributed by atoms with E-state index in [1.54, 1.807) is 0 Å². The molecule has 2 N–H and O–H groups in total. The molecule has 0 bridgehead atoms. The number of benzene rings is 1. The van der Waals surface area contributed by atoms with Gasteiger partial charge in [-0.15, -0.1) is 0 Å². The fraction of sp³-hybridized carbons (Fsp3) is 0.222. The minimum atomic E-state index is 0.123. The lowest BCUT2D eigenvalue weighted by atomic mass is 10.1. The molecule has 1 heteroatoms. The molecule has 1 aliphatic rings. The van der Waals surface area contributed by atoms with Gasteiger partial charge in [-0.05, 0) is 17.5 Å². The maximum atomic E-state index is 5.67. The molecule has 1 aromatic rings. The highest BCUT2D eigenvalue weighted by Gasteiger charge is 2.17. The average Bonchev–Trinajstić information content (AvgIpc) is 2.27. The van der Waals surface area contributed by atoms with Crippen LogP contribution in [-0.2, 0) is 6.42 Å². The van der Waals surface area contributed by atoms with Crippen molar-refractivity contribution >= 4 is 0 Å². The quantitative estimate of drug-likeness (QED) is 0.558. The summed E-state index contributed by atoms with van der Waals surface area (Å²) in [6.07, 6.45) is 4.13. The highest BCUT2D eigenvalue weighted by atomic mass is 14.6. The summed E-state index contributed by atoms with van der Waals surface area (Å²) in [6.45, 7) is 0. The normalized spacial score (nSPS) is 17.3. The zero-order valence-corrected chi connectivity index (χ0v) is 5.67. The number of rotatable bonds is 0. The third-order valence-corrected chi connectivity index (χ3v) is 1.80. The second-order valence-electron chi connectivity index (χ2n) is 2.61. The van der Waals surface area contributed by atoms with E-state index >= 15 is 0 Å². The predicted molar refractivity (Wildman–Crippen MR) is 40.5 cm³/mol. The average molecular weight is 131 g/mol. The van der Waals surface area contributed by atoms with Crippen LogP contribution in [0, 0.1) is 6.42 Å². The molecule has 1 nitrogen and oxygen atoms in total. The van der Waals surface area contributed by atoms with Gasteiger partial charge >= 0.3 is 0 Å². The smallest absolute Gasteiger partial charge is 0.0353 e. The van der Waals surface area contributed by atoms with E-state index in [1.807, 2.05) is 12.1 Å². The van der Waals surface area contributed by atoms with Crippen molar-refractivity contribution in [1.29, 1.82) is 0 Å². The Morgan fingerprint density at radius 3 is 3.00 bits per heavy atom. The van der Waals surface area contributed by atoms with Gasteiger partial charge < -0.3 is 5.73 Å². The highest BCUT2D eigenvalue weighted by Crippen LogP contribution is 2.21. The van der Waals surface area contributed by atoms with Crippen LogP contribution in [0.1, 0.15) is 11.1 Å². The van der Waals surface area contributed by atoms with Gasteiger partial charge in [0.25, 0.3) is 0 Å². The van der Waals surface area contributed by atoms with E-state index in [1.165, 1.54) is 11.1 Å². The molecule has 1 unspecified atom stereocenters. The molecule has 0 heterocycles. The van der Waals surface area contributed by atoms with Crippen molar-refractivity contribution in [3.8, 4) is 0 Å². The summed E-state index contributed by atoms with van der Waals surface area (Å²) in [6, 6.07) is 8.34. The summed E-state index contributed by atoms with van der Waals surface area (Å²) in [5, 5.41) is 0. The van der Waals surface area contributed by atoms with Crippen LogP contribution in [0.2, 0.25) is 0 Å². The highest BCUT2D eigenvalue weighted by molar-refractivity contribution is 5.40. The van der Waals surface area contributed by atoms with E-state index < -0.39 is 0 Å². The lowest BCUT2D eigenvalue weighted by molar-refractivity contribution is 0.818. The molecule has 0 aromatic heterocycles. The van der Waals surface area contributed by atoms with Gasteiger partial charge in [-0.2, -0.15) is 0 Å². The maximum Gasteiger partial charge on any atom is 0.0353 e. The predicted octanol–water partition coefficient (Wildman–Crippen LogP) is 0.999. The van der Waals surface area contributed by atoms with Crippen LogP contribution in [0.25, 0.3) is 0 Å². The SMILES string of the molecule is NC1[C]c2ccccc2C1. The van der Waals surface area contributed by atoms with E-state index in [-0.39, 0.29) is 6.04 Å². The monoisotopic (exact) mass is 131 g/mol. The molecule has 1 atom stereocenters. The maximum absolute atomic E-state index is 5.67. The zero-order chi connectivity index (χ0) is 6.97. The Bertz CT molecular complexity index is 217. The van der Waals surface area contributed by atoms with Gasteiger partial charge in [0.2, 0.25) is 0 Å². The Balaban J connectivity index is 2.42. The van der Waals surface area contributed by atoms with Crippen LogP contribution >= 0.6 is 0 Å². The molecule has 0 spiro atoms. The lowest BCUT2D eigenvalue weighted by Gasteiger charge is -1.93. The van der Waals surface area contributed by atoms with Crippen LogP contribution in [0.3, 0.4) is 0 Å². The van der Waals surface area contributed by atoms with Crippen molar-refractivity contribution in [2.75, 3.05) is 0 Å². The van der Waals surface area contributed by atoms with Gasteiger partial charge in [-0.1, -0.05) is 24.3 Å². The molecule has 1 aliphatic carbocycles. The van der Waals surface area contributed by atoms with Crippen molar-refractivity contribution in [2.24, 2.45) is 5.73 Å². The van der Waals surface area contributed by atoms with Gasteiger partial charge in [-0.3, -0.25) is 0 Å². The summed E-state index contributed by atoms with van der Waals surface area (Å²) in [7, 11) is 0. The molecule has 10 heavy (non-hydrogen) atoms. The van der Waals surface area contributed by atoms with Crippen LogP contribution in [-0.4, -0.2) is 6.04 Å². The summed E-state index contributed by atoms with van der Waals surface area (Å²) in [4.78, 5) is 0. The largest absolute Gasteiger partial charge is 0.327 e. The van der Waals surface area contributed by atoms with E-state index in [0.717, 1.165) is 6.42 Å². The first-order valence-electron chi connectivity index (χ1n) is 3.46. The topological polar surface area (TPSA) is 26.0 Å². The second kappa shape index (κ2) is 2.10. The molecule has 2 rings (SSSR count). The van der Waals surface area contributed by atoms with Crippen LogP contribution in [0.15, 0.2) is 24.3 Å². The van der Waals surface area contributed by atoms with Crippen molar-refractivity contribution < 1.29 is 0 Å². The Kier molecular flexibility index (Phi) is 1.24. The molecular formula is C9H9N. The fourth-order valence-corrected chi connectivity index (χ4v) is 1.33. The molecular weight excluding hydrogens is 122 g/mol. The first kappa shape index (κ1) is 5.93. The van der Waals surface area contributed by atoms with Crippen molar-refractivity contribution in [2.45, 2.75) is 12.5 Å². The molecule has 0 saturated carbocycles. The van der Waals surface area contributed by atoms with E-state index in [2.05, 4.69) is 18.6 Å². The zero-order valence-electron chi connectivity index (χ0n) is 5.67. The Labute approximate surface area is 60.9 Å². The molecule has 50 valence electrons. The van der Waals surface area contributed by atoms with Gasteiger partial charge in [-0.25, -0.2) is 0 Å². The summed E-state index contributed by atoms with van der Waals surface area (Å²) in [5.74, 6) is 0. The molecule has 1 aromatic carbocycles. The minimum Gasteiger partial charge on any atom is -0.327 e. The Morgan fingerprint density at radius 2 is 2.20 bits per heavy atom. The third kappa shape index (κ3) is 0.830. The van der Waals surface area contributed by atoms with E-state index in [0.29, 0.717) is 0 Å². The van der Waals surface area contributed by atoms with Gasteiger partial charge in [0.1, 0.15) is 0 Å². The second-order valence-corrected chi connectivity index (χ2v) is 2.61. The number of hydrogen-bond acceptors (Lipinski definition) is 1. The molecule has 2 radical (unpaired) electrons. The first-order valence-corrected chi connectivity index (χ1v) is 3.46. The van der Waals surface area contributed by atoms with E-state index in [4.69, 9.17) is 5.73 Å². The lowest BCUT2D eigenvalue weighted by Crippen LogP contribution is -2.17. The van der Waals surface area contributed by atoms with Crippen molar-refractivity contribution in [3.05, 3.63) is 41.8 Å². The van der Waals surface area contributed by atoms with Gasteiger partial charge in [0.15, 0.2) is 0 Å². The van der Waals surface area contributed by atoms with Gasteiger partial charge in [0.05, 0.1) is 0 Å². The molecule has 0 aliphatic heterocycles. The van der Waals surface area contributed by atoms with Crippen LogP contribution < -0.4 is 5.73 Å².